The van der Waals surface area contributed by atoms with Crippen LogP contribution in [0.5, 0.6) is 0 Å². The molecule has 1 aromatic carbocycles. The average molecular weight is 190 g/mol. The smallest absolute Gasteiger partial charge is 0.192 e. The first-order valence-corrected chi connectivity index (χ1v) is 4.77. The summed E-state index contributed by atoms with van der Waals surface area (Å²) in [6.45, 7) is 3.85. The lowest BCUT2D eigenvalue weighted by atomic mass is 10.1. The van der Waals surface area contributed by atoms with E-state index in [9.17, 15) is 0 Å². The quantitative estimate of drug-likeness (QED) is 0.788. The molecule has 0 aliphatic heterocycles. The van der Waals surface area contributed by atoms with Gasteiger partial charge < -0.3 is 10.2 Å². The van der Waals surface area contributed by atoms with Crippen molar-refractivity contribution in [2.75, 3.05) is 0 Å². The minimum absolute atomic E-state index is 0.177. The van der Waals surface area contributed by atoms with Gasteiger partial charge in [-0.1, -0.05) is 6.07 Å². The Morgan fingerprint density at radius 3 is 3.00 bits per heavy atom. The number of hydrogen-bond donors (Lipinski definition) is 1. The molecule has 2 N–H and O–H groups in total. The molecule has 0 saturated carbocycles. The standard InChI is InChI=1S/C11H14N2O/c1-7(12)5-9-3-4-10-11(6-9)14-8(2)13-10/h3-4,6-7H,5,12H2,1-2H3. The van der Waals surface area contributed by atoms with E-state index in [2.05, 4.69) is 4.98 Å². The molecular formula is C11H14N2O. The maximum absolute atomic E-state index is 5.73. The van der Waals surface area contributed by atoms with Crippen LogP contribution in [0.2, 0.25) is 0 Å². The van der Waals surface area contributed by atoms with Gasteiger partial charge in [-0.25, -0.2) is 4.98 Å². The van der Waals surface area contributed by atoms with Crippen LogP contribution in [0.1, 0.15) is 18.4 Å². The number of fused-ring (bicyclic) bond motifs is 1. The highest BCUT2D eigenvalue weighted by molar-refractivity contribution is 5.73. The first-order valence-electron chi connectivity index (χ1n) is 4.77. The van der Waals surface area contributed by atoms with Gasteiger partial charge in [0.25, 0.3) is 0 Å². The summed E-state index contributed by atoms with van der Waals surface area (Å²) in [4.78, 5) is 4.24. The number of oxazole rings is 1. The molecule has 1 atom stereocenters. The highest BCUT2D eigenvalue weighted by Gasteiger charge is 2.04. The summed E-state index contributed by atoms with van der Waals surface area (Å²) in [6.07, 6.45) is 0.871. The fourth-order valence-corrected chi connectivity index (χ4v) is 1.58. The number of benzene rings is 1. The molecular weight excluding hydrogens is 176 g/mol. The second-order valence-electron chi connectivity index (χ2n) is 3.72. The molecule has 2 rings (SSSR count). The van der Waals surface area contributed by atoms with Gasteiger partial charge in [0.1, 0.15) is 5.52 Å². The van der Waals surface area contributed by atoms with Crippen molar-refractivity contribution in [2.24, 2.45) is 5.73 Å². The molecule has 0 amide bonds. The van der Waals surface area contributed by atoms with Gasteiger partial charge in [-0.15, -0.1) is 0 Å². The summed E-state index contributed by atoms with van der Waals surface area (Å²) in [5, 5.41) is 0. The Bertz CT molecular complexity index is 445. The molecule has 14 heavy (non-hydrogen) atoms. The number of hydrogen-bond acceptors (Lipinski definition) is 3. The van der Waals surface area contributed by atoms with Gasteiger partial charge in [0.2, 0.25) is 0 Å². The van der Waals surface area contributed by atoms with E-state index in [1.807, 2.05) is 32.0 Å². The molecule has 74 valence electrons. The lowest BCUT2D eigenvalue weighted by Gasteiger charge is -2.03. The zero-order chi connectivity index (χ0) is 10.1. The summed E-state index contributed by atoms with van der Waals surface area (Å²) in [5.74, 6) is 0.706. The molecule has 1 aromatic heterocycles. The summed E-state index contributed by atoms with van der Waals surface area (Å²) in [7, 11) is 0. The van der Waals surface area contributed by atoms with Gasteiger partial charge in [-0.3, -0.25) is 0 Å². The van der Waals surface area contributed by atoms with E-state index < -0.39 is 0 Å². The van der Waals surface area contributed by atoms with Gasteiger partial charge >= 0.3 is 0 Å². The number of aromatic nitrogens is 1. The molecule has 0 saturated heterocycles. The van der Waals surface area contributed by atoms with Gasteiger partial charge in [-0.05, 0) is 31.0 Å². The summed E-state index contributed by atoms with van der Waals surface area (Å²) in [5.41, 5.74) is 8.69. The van der Waals surface area contributed by atoms with Crippen molar-refractivity contribution in [1.82, 2.24) is 4.98 Å². The third-order valence-electron chi connectivity index (χ3n) is 2.12. The van der Waals surface area contributed by atoms with Crippen molar-refractivity contribution < 1.29 is 4.42 Å². The molecule has 3 heteroatoms. The normalized spacial score (nSPS) is 13.4. The Morgan fingerprint density at radius 2 is 2.29 bits per heavy atom. The Kier molecular flexibility index (Phi) is 2.25. The Labute approximate surface area is 82.9 Å². The van der Waals surface area contributed by atoms with Crippen LogP contribution in [0.15, 0.2) is 22.6 Å². The van der Waals surface area contributed by atoms with Crippen LogP contribution in [0.4, 0.5) is 0 Å². The molecule has 0 bridgehead atoms. The largest absolute Gasteiger partial charge is 0.441 e. The van der Waals surface area contributed by atoms with E-state index in [1.54, 1.807) is 0 Å². The van der Waals surface area contributed by atoms with Gasteiger partial charge in [0.15, 0.2) is 11.5 Å². The monoisotopic (exact) mass is 190 g/mol. The van der Waals surface area contributed by atoms with E-state index in [0.717, 1.165) is 17.5 Å². The minimum Gasteiger partial charge on any atom is -0.441 e. The van der Waals surface area contributed by atoms with Crippen LogP contribution in [0.3, 0.4) is 0 Å². The van der Waals surface area contributed by atoms with E-state index in [4.69, 9.17) is 10.2 Å². The second kappa shape index (κ2) is 3.42. The van der Waals surface area contributed by atoms with Crippen LogP contribution >= 0.6 is 0 Å². The Balaban J connectivity index is 2.40. The first-order chi connectivity index (χ1) is 6.65. The summed E-state index contributed by atoms with van der Waals surface area (Å²) >= 11 is 0. The van der Waals surface area contributed by atoms with Crippen molar-refractivity contribution in [1.29, 1.82) is 0 Å². The van der Waals surface area contributed by atoms with E-state index in [1.165, 1.54) is 5.56 Å². The Morgan fingerprint density at radius 1 is 1.50 bits per heavy atom. The van der Waals surface area contributed by atoms with Gasteiger partial charge in [0, 0.05) is 13.0 Å². The van der Waals surface area contributed by atoms with Crippen molar-refractivity contribution in [2.45, 2.75) is 26.3 Å². The van der Waals surface area contributed by atoms with Gasteiger partial charge in [0.05, 0.1) is 0 Å². The molecule has 0 aliphatic carbocycles. The lowest BCUT2D eigenvalue weighted by Crippen LogP contribution is -2.17. The van der Waals surface area contributed by atoms with Crippen molar-refractivity contribution in [3.8, 4) is 0 Å². The number of nitrogens with two attached hydrogens (primary N) is 1. The summed E-state index contributed by atoms with van der Waals surface area (Å²) in [6, 6.07) is 6.21. The van der Waals surface area contributed by atoms with E-state index >= 15 is 0 Å². The molecule has 2 aromatic rings. The number of aryl methyl sites for hydroxylation is 1. The highest BCUT2D eigenvalue weighted by atomic mass is 16.3. The Hall–Kier alpha value is -1.35. The van der Waals surface area contributed by atoms with E-state index in [0.29, 0.717) is 5.89 Å². The van der Waals surface area contributed by atoms with Crippen molar-refractivity contribution in [3.05, 3.63) is 29.7 Å². The molecule has 0 spiro atoms. The van der Waals surface area contributed by atoms with Crippen LogP contribution in [-0.2, 0) is 6.42 Å². The number of nitrogens with zero attached hydrogens (tertiary/aromatic N) is 1. The summed E-state index contributed by atoms with van der Waals surface area (Å²) < 4.78 is 5.44. The first kappa shape index (κ1) is 9.21. The zero-order valence-corrected chi connectivity index (χ0v) is 8.45. The molecule has 1 heterocycles. The van der Waals surface area contributed by atoms with Crippen LogP contribution in [-0.4, -0.2) is 11.0 Å². The lowest BCUT2D eigenvalue weighted by molar-refractivity contribution is 0.560. The number of rotatable bonds is 2. The fourth-order valence-electron chi connectivity index (χ4n) is 1.58. The highest BCUT2D eigenvalue weighted by Crippen LogP contribution is 2.17. The second-order valence-corrected chi connectivity index (χ2v) is 3.72. The van der Waals surface area contributed by atoms with Crippen LogP contribution < -0.4 is 5.73 Å². The maximum atomic E-state index is 5.73. The van der Waals surface area contributed by atoms with Gasteiger partial charge in [-0.2, -0.15) is 0 Å². The zero-order valence-electron chi connectivity index (χ0n) is 8.45. The fraction of sp³-hybridized carbons (Fsp3) is 0.364. The average Bonchev–Trinajstić information content (AvgIpc) is 2.42. The molecule has 0 aliphatic rings. The predicted molar refractivity (Wildman–Crippen MR) is 56.1 cm³/mol. The van der Waals surface area contributed by atoms with Crippen molar-refractivity contribution in [3.63, 3.8) is 0 Å². The minimum atomic E-state index is 0.177. The maximum Gasteiger partial charge on any atom is 0.192 e. The van der Waals surface area contributed by atoms with Crippen molar-refractivity contribution >= 4 is 11.1 Å². The van der Waals surface area contributed by atoms with Crippen LogP contribution in [0, 0.1) is 6.92 Å². The van der Waals surface area contributed by atoms with Crippen LogP contribution in [0.25, 0.3) is 11.1 Å². The topological polar surface area (TPSA) is 52.0 Å². The molecule has 1 unspecified atom stereocenters. The molecule has 3 nitrogen and oxygen atoms in total. The third-order valence-corrected chi connectivity index (χ3v) is 2.12. The van der Waals surface area contributed by atoms with E-state index in [-0.39, 0.29) is 6.04 Å². The molecule has 0 radical (unpaired) electrons. The third kappa shape index (κ3) is 1.77. The predicted octanol–water partition coefficient (Wildman–Crippen LogP) is 2.03. The molecule has 0 fully saturated rings. The SMILES string of the molecule is Cc1nc2ccc(CC(C)N)cc2o1.